The van der Waals surface area contributed by atoms with E-state index in [9.17, 15) is 13.2 Å². The van der Waals surface area contributed by atoms with Gasteiger partial charge in [0.2, 0.25) is 15.9 Å². The Morgan fingerprint density at radius 1 is 1.44 bits per heavy atom. The van der Waals surface area contributed by atoms with Crippen molar-refractivity contribution in [3.63, 3.8) is 0 Å². The third-order valence-corrected chi connectivity index (χ3v) is 4.52. The lowest BCUT2D eigenvalue weighted by Gasteiger charge is -2.35. The molecule has 1 N–H and O–H groups in total. The molecule has 1 saturated heterocycles. The van der Waals surface area contributed by atoms with Gasteiger partial charge in [0.15, 0.2) is 0 Å². The maximum absolute atomic E-state index is 12.3. The fraction of sp³-hybridized carbons (Fsp3) is 0.909. The number of carbonyl (C=O) groups is 1. The average molecular weight is 278 g/mol. The van der Waals surface area contributed by atoms with Gasteiger partial charge in [-0.2, -0.15) is 4.31 Å². The predicted octanol–water partition coefficient (Wildman–Crippen LogP) is -0.359. The van der Waals surface area contributed by atoms with Crippen LogP contribution in [0.5, 0.6) is 0 Å². The fourth-order valence-corrected chi connectivity index (χ4v) is 3.42. The molecule has 1 amide bonds. The summed E-state index contributed by atoms with van der Waals surface area (Å²) in [7, 11) is -3.35. The molecule has 1 aliphatic heterocycles. The third kappa shape index (κ3) is 3.66. The quantitative estimate of drug-likeness (QED) is 0.745. The average Bonchev–Trinajstić information content (AvgIpc) is 2.34. The zero-order chi connectivity index (χ0) is 13.8. The van der Waals surface area contributed by atoms with E-state index < -0.39 is 16.1 Å². The Labute approximate surface area is 109 Å². The van der Waals surface area contributed by atoms with E-state index in [-0.39, 0.29) is 19.1 Å². The van der Waals surface area contributed by atoms with Gasteiger partial charge in [0.25, 0.3) is 0 Å². The largest absolute Gasteiger partial charge is 0.395 e. The van der Waals surface area contributed by atoms with Crippen molar-refractivity contribution in [3.05, 3.63) is 0 Å². The summed E-state index contributed by atoms with van der Waals surface area (Å²) >= 11 is 0. The van der Waals surface area contributed by atoms with Crippen LogP contribution in [0.4, 0.5) is 0 Å². The number of piperidine rings is 1. The number of hydrogen-bond acceptors (Lipinski definition) is 4. The molecule has 0 bridgehead atoms. The molecule has 7 heteroatoms. The van der Waals surface area contributed by atoms with Crippen molar-refractivity contribution in [1.29, 1.82) is 0 Å². The highest BCUT2D eigenvalue weighted by atomic mass is 32.2. The Balaban J connectivity index is 2.86. The van der Waals surface area contributed by atoms with Crippen molar-refractivity contribution in [2.45, 2.75) is 32.2 Å². The second-order valence-corrected chi connectivity index (χ2v) is 6.46. The van der Waals surface area contributed by atoms with Gasteiger partial charge in [-0.05, 0) is 19.8 Å². The third-order valence-electron chi connectivity index (χ3n) is 3.23. The summed E-state index contributed by atoms with van der Waals surface area (Å²) in [5.41, 5.74) is 0. The summed E-state index contributed by atoms with van der Waals surface area (Å²) in [6.07, 6.45) is 3.36. The molecular weight excluding hydrogens is 256 g/mol. The molecule has 0 aliphatic carbocycles. The lowest BCUT2D eigenvalue weighted by Crippen LogP contribution is -2.53. The van der Waals surface area contributed by atoms with Gasteiger partial charge in [-0.1, -0.05) is 6.42 Å². The van der Waals surface area contributed by atoms with Gasteiger partial charge in [0, 0.05) is 19.6 Å². The van der Waals surface area contributed by atoms with Crippen molar-refractivity contribution in [1.82, 2.24) is 9.21 Å². The van der Waals surface area contributed by atoms with Crippen molar-refractivity contribution >= 4 is 15.9 Å². The molecule has 1 rings (SSSR count). The molecule has 106 valence electrons. The number of carbonyl (C=O) groups excluding carboxylic acids is 1. The summed E-state index contributed by atoms with van der Waals surface area (Å²) < 4.78 is 24.6. The second-order valence-electron chi connectivity index (χ2n) is 4.53. The smallest absolute Gasteiger partial charge is 0.241 e. The number of aliphatic hydroxyl groups is 1. The van der Waals surface area contributed by atoms with Crippen LogP contribution in [0.2, 0.25) is 0 Å². The highest BCUT2D eigenvalue weighted by molar-refractivity contribution is 7.88. The van der Waals surface area contributed by atoms with Gasteiger partial charge in [0.1, 0.15) is 6.04 Å². The van der Waals surface area contributed by atoms with Crippen LogP contribution in [0.3, 0.4) is 0 Å². The predicted molar refractivity (Wildman–Crippen MR) is 68.5 cm³/mol. The number of nitrogens with zero attached hydrogens (tertiary/aromatic N) is 2. The normalized spacial score (nSPS) is 21.8. The minimum atomic E-state index is -3.35. The maximum atomic E-state index is 12.3. The first-order valence-electron chi connectivity index (χ1n) is 6.28. The van der Waals surface area contributed by atoms with Crippen molar-refractivity contribution in [2.24, 2.45) is 0 Å². The standard InChI is InChI=1S/C11H22N2O4S/c1-3-12(8-9-14)11(15)10-6-4-5-7-13(10)18(2,16)17/h10,14H,3-9H2,1-2H3. The Morgan fingerprint density at radius 2 is 2.11 bits per heavy atom. The van der Waals surface area contributed by atoms with E-state index in [0.717, 1.165) is 19.1 Å². The summed E-state index contributed by atoms with van der Waals surface area (Å²) in [6, 6.07) is -0.597. The van der Waals surface area contributed by atoms with E-state index in [2.05, 4.69) is 0 Å². The topological polar surface area (TPSA) is 77.9 Å². The molecule has 0 aromatic rings. The minimum absolute atomic E-state index is 0.106. The lowest BCUT2D eigenvalue weighted by molar-refractivity contribution is -0.136. The molecular formula is C11H22N2O4S. The summed E-state index contributed by atoms with van der Waals surface area (Å²) in [5.74, 6) is -0.198. The highest BCUT2D eigenvalue weighted by Crippen LogP contribution is 2.21. The SMILES string of the molecule is CCN(CCO)C(=O)C1CCCCN1S(C)(=O)=O. The fourth-order valence-electron chi connectivity index (χ4n) is 2.30. The number of amides is 1. The monoisotopic (exact) mass is 278 g/mol. The molecule has 6 nitrogen and oxygen atoms in total. The van der Waals surface area contributed by atoms with Gasteiger partial charge in [-0.3, -0.25) is 4.79 Å². The van der Waals surface area contributed by atoms with E-state index in [1.165, 1.54) is 9.21 Å². The van der Waals surface area contributed by atoms with E-state index >= 15 is 0 Å². The Bertz CT molecular complexity index is 383. The van der Waals surface area contributed by atoms with Gasteiger partial charge in [0.05, 0.1) is 12.9 Å². The van der Waals surface area contributed by atoms with Crippen LogP contribution in [0.25, 0.3) is 0 Å². The Kier molecular flexibility index (Phi) is 5.55. The van der Waals surface area contributed by atoms with Crippen LogP contribution >= 0.6 is 0 Å². The Hall–Kier alpha value is -0.660. The van der Waals surface area contributed by atoms with Crippen LogP contribution in [0, 0.1) is 0 Å². The van der Waals surface area contributed by atoms with Gasteiger partial charge in [-0.15, -0.1) is 0 Å². The first kappa shape index (κ1) is 15.4. The summed E-state index contributed by atoms with van der Waals surface area (Å²) in [5, 5.41) is 8.92. The molecule has 1 unspecified atom stereocenters. The van der Waals surface area contributed by atoms with Crippen molar-refractivity contribution < 1.29 is 18.3 Å². The zero-order valence-corrected chi connectivity index (χ0v) is 11.8. The van der Waals surface area contributed by atoms with Gasteiger partial charge < -0.3 is 10.0 Å². The van der Waals surface area contributed by atoms with E-state index in [4.69, 9.17) is 5.11 Å². The molecule has 0 radical (unpaired) electrons. The molecule has 0 aromatic carbocycles. The number of sulfonamides is 1. The molecule has 1 fully saturated rings. The van der Waals surface area contributed by atoms with Crippen LogP contribution in [0.15, 0.2) is 0 Å². The number of aliphatic hydroxyl groups excluding tert-OH is 1. The van der Waals surface area contributed by atoms with Crippen LogP contribution in [0.1, 0.15) is 26.2 Å². The van der Waals surface area contributed by atoms with Gasteiger partial charge >= 0.3 is 0 Å². The van der Waals surface area contributed by atoms with Crippen LogP contribution < -0.4 is 0 Å². The molecule has 0 spiro atoms. The maximum Gasteiger partial charge on any atom is 0.241 e. The summed E-state index contributed by atoms with van der Waals surface area (Å²) in [6.45, 7) is 2.86. The second kappa shape index (κ2) is 6.49. The minimum Gasteiger partial charge on any atom is -0.395 e. The highest BCUT2D eigenvalue weighted by Gasteiger charge is 2.36. The molecule has 0 aromatic heterocycles. The number of likely N-dealkylation sites (N-methyl/N-ethyl adjacent to an activating group) is 1. The molecule has 1 heterocycles. The van der Waals surface area contributed by atoms with E-state index in [0.29, 0.717) is 19.5 Å². The molecule has 18 heavy (non-hydrogen) atoms. The lowest BCUT2D eigenvalue weighted by atomic mass is 10.0. The first-order chi connectivity index (χ1) is 8.41. The summed E-state index contributed by atoms with van der Waals surface area (Å²) in [4.78, 5) is 13.8. The van der Waals surface area contributed by atoms with Crippen LogP contribution in [-0.2, 0) is 14.8 Å². The van der Waals surface area contributed by atoms with Crippen molar-refractivity contribution in [3.8, 4) is 0 Å². The van der Waals surface area contributed by atoms with Crippen molar-refractivity contribution in [2.75, 3.05) is 32.5 Å². The zero-order valence-electron chi connectivity index (χ0n) is 11.0. The first-order valence-corrected chi connectivity index (χ1v) is 8.13. The number of hydrogen-bond donors (Lipinski definition) is 1. The Morgan fingerprint density at radius 3 is 2.61 bits per heavy atom. The van der Waals surface area contributed by atoms with Gasteiger partial charge in [-0.25, -0.2) is 8.42 Å². The molecule has 1 aliphatic rings. The van der Waals surface area contributed by atoms with Crippen LogP contribution in [-0.4, -0.2) is 67.2 Å². The number of rotatable bonds is 5. The molecule has 1 atom stereocenters. The van der Waals surface area contributed by atoms with E-state index in [1.54, 1.807) is 0 Å². The molecule has 0 saturated carbocycles. The van der Waals surface area contributed by atoms with E-state index in [1.807, 2.05) is 6.92 Å².